The molecule has 98 valence electrons. The monoisotopic (exact) mass is 292 g/mol. The Morgan fingerprint density at radius 2 is 2.22 bits per heavy atom. The van der Waals surface area contributed by atoms with Crippen molar-refractivity contribution in [2.75, 3.05) is 19.8 Å². The Morgan fingerprint density at radius 3 is 2.78 bits per heavy atom. The van der Waals surface area contributed by atoms with Gasteiger partial charge in [-0.2, -0.15) is 0 Å². The maximum Gasteiger partial charge on any atom is 0.328 e. The van der Waals surface area contributed by atoms with Crippen LogP contribution in [0.2, 0.25) is 10.2 Å². The maximum atomic E-state index is 12.1. The minimum absolute atomic E-state index is 0.0246. The van der Waals surface area contributed by atoms with Crippen LogP contribution in [-0.4, -0.2) is 52.7 Å². The molecule has 1 aliphatic heterocycles. The molecule has 1 aliphatic rings. The molecule has 1 aromatic rings. The van der Waals surface area contributed by atoms with Gasteiger partial charge in [-0.3, -0.25) is 4.79 Å². The highest BCUT2D eigenvalue weighted by Gasteiger charge is 2.34. The summed E-state index contributed by atoms with van der Waals surface area (Å²) in [5, 5.41) is 9.40. The molecule has 0 spiro atoms. The number of morpholine rings is 1. The zero-order valence-corrected chi connectivity index (χ0v) is 10.7. The van der Waals surface area contributed by atoms with Gasteiger partial charge >= 0.3 is 5.97 Å². The molecular weight excluding hydrogens is 283 g/mol. The molecule has 1 fully saturated rings. The molecule has 0 bridgehead atoms. The smallest absolute Gasteiger partial charge is 0.328 e. The second-order valence-electron chi connectivity index (χ2n) is 3.77. The third kappa shape index (κ3) is 2.45. The van der Waals surface area contributed by atoms with Crippen LogP contribution in [0.4, 0.5) is 0 Å². The van der Waals surface area contributed by atoms with E-state index in [-0.39, 0.29) is 29.0 Å². The number of ether oxygens (including phenoxy) is 1. The van der Waals surface area contributed by atoms with E-state index in [1.165, 1.54) is 11.0 Å². The number of aromatic amines is 1. The summed E-state index contributed by atoms with van der Waals surface area (Å²) in [6, 6.07) is 0.382. The Bertz CT molecular complexity index is 469. The van der Waals surface area contributed by atoms with E-state index in [1.807, 2.05) is 0 Å². The molecule has 2 N–H and O–H groups in total. The first kappa shape index (κ1) is 13.2. The number of amides is 1. The number of nitrogens with one attached hydrogen (secondary N) is 1. The summed E-state index contributed by atoms with van der Waals surface area (Å²) in [4.78, 5) is 27.0. The van der Waals surface area contributed by atoms with Gasteiger partial charge in [-0.1, -0.05) is 23.2 Å². The van der Waals surface area contributed by atoms with Crippen LogP contribution >= 0.6 is 23.2 Å². The van der Waals surface area contributed by atoms with Crippen LogP contribution in [0, 0.1) is 0 Å². The van der Waals surface area contributed by atoms with Gasteiger partial charge in [0.2, 0.25) is 0 Å². The number of carbonyl (C=O) groups excluding carboxylic acids is 1. The van der Waals surface area contributed by atoms with Crippen LogP contribution in [-0.2, 0) is 9.53 Å². The summed E-state index contributed by atoms with van der Waals surface area (Å²) in [7, 11) is 0. The van der Waals surface area contributed by atoms with Crippen LogP contribution < -0.4 is 0 Å². The zero-order valence-electron chi connectivity index (χ0n) is 9.15. The first-order valence-electron chi connectivity index (χ1n) is 5.16. The van der Waals surface area contributed by atoms with E-state index in [4.69, 9.17) is 33.0 Å². The molecule has 6 nitrogen and oxygen atoms in total. The van der Waals surface area contributed by atoms with E-state index >= 15 is 0 Å². The maximum absolute atomic E-state index is 12.1. The summed E-state index contributed by atoms with van der Waals surface area (Å²) in [5.41, 5.74) is 0.165. The average molecular weight is 293 g/mol. The highest BCUT2D eigenvalue weighted by molar-refractivity contribution is 6.41. The van der Waals surface area contributed by atoms with Crippen molar-refractivity contribution in [3.8, 4) is 0 Å². The zero-order chi connectivity index (χ0) is 13.3. The largest absolute Gasteiger partial charge is 0.480 e. The number of carboxylic acid groups (broad SMARTS) is 1. The summed E-state index contributed by atoms with van der Waals surface area (Å²) in [6.45, 7) is 0.491. The lowest BCUT2D eigenvalue weighted by atomic mass is 10.2. The standard InChI is InChI=1S/C10H10Cl2N2O4/c11-5-3-6(13-8(5)12)9(15)14-1-2-18-4-7(14)10(16)17/h3,7,13H,1-2,4H2,(H,16,17). The summed E-state index contributed by atoms with van der Waals surface area (Å²) < 4.78 is 5.05. The molecule has 8 heteroatoms. The van der Waals surface area contributed by atoms with E-state index < -0.39 is 17.9 Å². The average Bonchev–Trinajstić information content (AvgIpc) is 2.68. The quantitative estimate of drug-likeness (QED) is 0.859. The predicted molar refractivity (Wildman–Crippen MR) is 64.1 cm³/mol. The lowest BCUT2D eigenvalue weighted by molar-refractivity contribution is -0.147. The Labute approximate surface area is 112 Å². The van der Waals surface area contributed by atoms with Crippen molar-refractivity contribution in [2.45, 2.75) is 6.04 Å². The van der Waals surface area contributed by atoms with Gasteiger partial charge in [-0.25, -0.2) is 4.79 Å². The van der Waals surface area contributed by atoms with Crippen LogP contribution in [0.15, 0.2) is 6.07 Å². The molecular formula is C10H10Cl2N2O4. The minimum atomic E-state index is -1.10. The van der Waals surface area contributed by atoms with Gasteiger partial charge in [0.1, 0.15) is 10.8 Å². The van der Waals surface area contributed by atoms with Gasteiger partial charge in [0, 0.05) is 6.54 Å². The number of carboxylic acids is 1. The fourth-order valence-electron chi connectivity index (χ4n) is 1.73. The minimum Gasteiger partial charge on any atom is -0.480 e. The first-order chi connectivity index (χ1) is 8.50. The Kier molecular flexibility index (Phi) is 3.79. The van der Waals surface area contributed by atoms with Gasteiger partial charge in [-0.15, -0.1) is 0 Å². The predicted octanol–water partition coefficient (Wildman–Crippen LogP) is 1.25. The second-order valence-corrected chi connectivity index (χ2v) is 4.56. The fraction of sp³-hybridized carbons (Fsp3) is 0.400. The Hall–Kier alpha value is -1.24. The third-order valence-electron chi connectivity index (χ3n) is 2.63. The first-order valence-corrected chi connectivity index (χ1v) is 5.92. The van der Waals surface area contributed by atoms with Crippen molar-refractivity contribution in [1.29, 1.82) is 0 Å². The fourth-order valence-corrected chi connectivity index (χ4v) is 2.04. The number of hydrogen-bond acceptors (Lipinski definition) is 3. The molecule has 0 radical (unpaired) electrons. The number of carbonyl (C=O) groups is 2. The second kappa shape index (κ2) is 5.17. The van der Waals surface area contributed by atoms with E-state index in [9.17, 15) is 9.59 Å². The number of aromatic nitrogens is 1. The number of halogens is 2. The van der Waals surface area contributed by atoms with Gasteiger partial charge in [0.15, 0.2) is 6.04 Å². The van der Waals surface area contributed by atoms with Gasteiger partial charge in [-0.05, 0) is 6.07 Å². The van der Waals surface area contributed by atoms with Crippen molar-refractivity contribution in [1.82, 2.24) is 9.88 Å². The number of H-pyrrole nitrogens is 1. The van der Waals surface area contributed by atoms with E-state index in [0.717, 1.165) is 0 Å². The van der Waals surface area contributed by atoms with Gasteiger partial charge in [0.05, 0.1) is 18.2 Å². The Morgan fingerprint density at radius 1 is 1.50 bits per heavy atom. The molecule has 1 amide bonds. The normalized spacial score (nSPS) is 19.9. The van der Waals surface area contributed by atoms with Gasteiger partial charge in [0.25, 0.3) is 5.91 Å². The molecule has 1 aromatic heterocycles. The summed E-state index contributed by atoms with van der Waals surface area (Å²) in [6.07, 6.45) is 0. The molecule has 0 aromatic carbocycles. The Balaban J connectivity index is 2.23. The number of hydrogen-bond donors (Lipinski definition) is 2. The molecule has 0 saturated carbocycles. The molecule has 1 saturated heterocycles. The van der Waals surface area contributed by atoms with Crippen LogP contribution in [0.25, 0.3) is 0 Å². The highest BCUT2D eigenvalue weighted by atomic mass is 35.5. The molecule has 18 heavy (non-hydrogen) atoms. The van der Waals surface area contributed by atoms with Crippen molar-refractivity contribution < 1.29 is 19.4 Å². The lowest BCUT2D eigenvalue weighted by Crippen LogP contribution is -2.52. The van der Waals surface area contributed by atoms with Crippen LogP contribution in [0.1, 0.15) is 10.5 Å². The summed E-state index contributed by atoms with van der Waals surface area (Å²) >= 11 is 11.4. The van der Waals surface area contributed by atoms with E-state index in [1.54, 1.807) is 0 Å². The van der Waals surface area contributed by atoms with E-state index in [0.29, 0.717) is 6.61 Å². The summed E-state index contributed by atoms with van der Waals surface area (Å²) in [5.74, 6) is -1.56. The van der Waals surface area contributed by atoms with Crippen LogP contribution in [0.3, 0.4) is 0 Å². The molecule has 2 heterocycles. The topological polar surface area (TPSA) is 82.6 Å². The molecule has 1 atom stereocenters. The van der Waals surface area contributed by atoms with Crippen molar-refractivity contribution in [3.63, 3.8) is 0 Å². The third-order valence-corrected chi connectivity index (χ3v) is 3.32. The lowest BCUT2D eigenvalue weighted by Gasteiger charge is -2.32. The SMILES string of the molecule is O=C(O)C1COCCN1C(=O)c1cc(Cl)c(Cl)[nH]1. The number of aliphatic carboxylic acids is 1. The van der Waals surface area contributed by atoms with E-state index in [2.05, 4.69) is 4.98 Å². The van der Waals surface area contributed by atoms with Crippen molar-refractivity contribution in [2.24, 2.45) is 0 Å². The van der Waals surface area contributed by atoms with Crippen molar-refractivity contribution in [3.05, 3.63) is 21.9 Å². The van der Waals surface area contributed by atoms with Gasteiger partial charge < -0.3 is 19.7 Å². The number of rotatable bonds is 2. The molecule has 2 rings (SSSR count). The number of nitrogens with zero attached hydrogens (tertiary/aromatic N) is 1. The molecule has 1 unspecified atom stereocenters. The van der Waals surface area contributed by atoms with Crippen molar-refractivity contribution >= 4 is 35.1 Å². The molecule has 0 aliphatic carbocycles. The van der Waals surface area contributed by atoms with Crippen LogP contribution in [0.5, 0.6) is 0 Å². The highest BCUT2D eigenvalue weighted by Crippen LogP contribution is 2.23.